The Morgan fingerprint density at radius 2 is 1.68 bits per heavy atom. The highest BCUT2D eigenvalue weighted by molar-refractivity contribution is 5.88. The normalized spacial score (nSPS) is 10.4. The first kappa shape index (κ1) is 16.7. The number of nitrogens with one attached hydrogen (secondary N) is 2. The van der Waals surface area contributed by atoms with E-state index in [0.29, 0.717) is 12.1 Å². The lowest BCUT2D eigenvalue weighted by molar-refractivity contribution is 0.0692. The number of halogens is 1. The molecule has 0 saturated heterocycles. The van der Waals surface area contributed by atoms with Crippen LogP contribution in [0.25, 0.3) is 11.1 Å². The van der Waals surface area contributed by atoms with E-state index in [-0.39, 0.29) is 5.56 Å². The van der Waals surface area contributed by atoms with Crippen LogP contribution in [0.4, 0.5) is 10.1 Å². The van der Waals surface area contributed by atoms with Crippen LogP contribution in [0.2, 0.25) is 0 Å². The molecule has 0 aromatic heterocycles. The monoisotopic (exact) mass is 336 g/mol. The lowest BCUT2D eigenvalue weighted by Crippen LogP contribution is -2.21. The summed E-state index contributed by atoms with van der Waals surface area (Å²) in [7, 11) is 0. The number of carboxylic acid groups (broad SMARTS) is 1. The van der Waals surface area contributed by atoms with Crippen LogP contribution in [0.3, 0.4) is 0 Å². The Morgan fingerprint density at radius 1 is 0.960 bits per heavy atom. The minimum absolute atomic E-state index is 0.329. The molecular formula is C20H17FN2O2. The van der Waals surface area contributed by atoms with Gasteiger partial charge < -0.3 is 10.5 Å². The Morgan fingerprint density at radius 3 is 2.40 bits per heavy atom. The molecule has 5 heteroatoms. The number of hydrogen-bond acceptors (Lipinski definition) is 3. The molecule has 3 aromatic rings. The van der Waals surface area contributed by atoms with E-state index in [4.69, 9.17) is 5.11 Å². The van der Waals surface area contributed by atoms with E-state index in [9.17, 15) is 9.18 Å². The van der Waals surface area contributed by atoms with Gasteiger partial charge in [-0.3, -0.25) is 0 Å². The molecule has 3 rings (SSSR count). The van der Waals surface area contributed by atoms with Crippen molar-refractivity contribution < 1.29 is 14.3 Å². The first-order valence-electron chi connectivity index (χ1n) is 7.80. The van der Waals surface area contributed by atoms with Gasteiger partial charge in [0.05, 0.1) is 5.56 Å². The molecule has 25 heavy (non-hydrogen) atoms. The fraction of sp³-hybridized carbons (Fsp3) is 0.0500. The molecule has 0 atom stereocenters. The zero-order valence-corrected chi connectivity index (χ0v) is 13.4. The number of aromatic carboxylic acids is 1. The Bertz CT molecular complexity index is 882. The van der Waals surface area contributed by atoms with Gasteiger partial charge in [0.2, 0.25) is 0 Å². The average Bonchev–Trinajstić information content (AvgIpc) is 2.62. The van der Waals surface area contributed by atoms with Gasteiger partial charge in [-0.2, -0.15) is 0 Å². The molecular weight excluding hydrogens is 319 g/mol. The van der Waals surface area contributed by atoms with Crippen LogP contribution in [0.1, 0.15) is 15.9 Å². The van der Waals surface area contributed by atoms with Crippen molar-refractivity contribution in [3.05, 3.63) is 89.7 Å². The van der Waals surface area contributed by atoms with Gasteiger partial charge in [0.1, 0.15) is 5.82 Å². The summed E-state index contributed by atoms with van der Waals surface area (Å²) in [4.78, 5) is 11.0. The summed E-state index contributed by atoms with van der Waals surface area (Å²) in [6.07, 6.45) is 0. The first-order valence-corrected chi connectivity index (χ1v) is 7.80. The zero-order chi connectivity index (χ0) is 17.6. The summed E-state index contributed by atoms with van der Waals surface area (Å²) in [5, 5.41) is 8.95. The van der Waals surface area contributed by atoms with E-state index in [1.165, 1.54) is 12.1 Å². The van der Waals surface area contributed by atoms with E-state index >= 15 is 0 Å². The predicted octanol–water partition coefficient (Wildman–Crippen LogP) is 4.31. The van der Waals surface area contributed by atoms with Crippen molar-refractivity contribution in [3.63, 3.8) is 0 Å². The maximum Gasteiger partial charge on any atom is 0.338 e. The fourth-order valence-corrected chi connectivity index (χ4v) is 2.58. The second-order valence-electron chi connectivity index (χ2n) is 5.50. The minimum atomic E-state index is -1.27. The second kappa shape index (κ2) is 7.59. The molecule has 0 radical (unpaired) electrons. The van der Waals surface area contributed by atoms with Gasteiger partial charge in [0.25, 0.3) is 0 Å². The van der Waals surface area contributed by atoms with E-state index in [1.54, 1.807) is 6.07 Å². The Hall–Kier alpha value is -3.18. The lowest BCUT2D eigenvalue weighted by Gasteiger charge is -2.13. The highest BCUT2D eigenvalue weighted by Crippen LogP contribution is 2.25. The van der Waals surface area contributed by atoms with Crippen LogP contribution in [0, 0.1) is 5.82 Å². The molecule has 126 valence electrons. The molecule has 0 heterocycles. The molecule has 0 saturated carbocycles. The molecule has 0 amide bonds. The Labute approximate surface area is 144 Å². The van der Waals surface area contributed by atoms with Crippen LogP contribution in [-0.2, 0) is 6.54 Å². The van der Waals surface area contributed by atoms with E-state index in [0.717, 1.165) is 16.8 Å². The Balaban J connectivity index is 1.79. The van der Waals surface area contributed by atoms with Gasteiger partial charge in [0, 0.05) is 12.2 Å². The molecule has 3 N–H and O–H groups in total. The van der Waals surface area contributed by atoms with Crippen LogP contribution in [0.5, 0.6) is 0 Å². The maximum absolute atomic E-state index is 14.0. The van der Waals surface area contributed by atoms with Crippen molar-refractivity contribution in [3.8, 4) is 11.1 Å². The summed E-state index contributed by atoms with van der Waals surface area (Å²) in [5.74, 6) is -2.01. The van der Waals surface area contributed by atoms with Crippen LogP contribution in [-0.4, -0.2) is 11.1 Å². The fourth-order valence-electron chi connectivity index (χ4n) is 2.58. The van der Waals surface area contributed by atoms with E-state index in [2.05, 4.69) is 10.9 Å². The summed E-state index contributed by atoms with van der Waals surface area (Å²) in [6, 6.07) is 21.5. The van der Waals surface area contributed by atoms with E-state index in [1.807, 2.05) is 54.6 Å². The first-order chi connectivity index (χ1) is 12.1. The highest BCUT2D eigenvalue weighted by Gasteiger charge is 2.12. The molecule has 0 aliphatic carbocycles. The zero-order valence-electron chi connectivity index (χ0n) is 13.4. The van der Waals surface area contributed by atoms with Crippen molar-refractivity contribution in [1.29, 1.82) is 0 Å². The van der Waals surface area contributed by atoms with Crippen molar-refractivity contribution >= 4 is 11.7 Å². The topological polar surface area (TPSA) is 61.4 Å². The smallest absolute Gasteiger partial charge is 0.338 e. The molecule has 3 aromatic carbocycles. The summed E-state index contributed by atoms with van der Waals surface area (Å²) >= 11 is 0. The molecule has 0 unspecified atom stereocenters. The van der Waals surface area contributed by atoms with Crippen molar-refractivity contribution in [1.82, 2.24) is 5.43 Å². The number of hydrogen-bond donors (Lipinski definition) is 3. The Kier molecular flexibility index (Phi) is 5.06. The predicted molar refractivity (Wildman–Crippen MR) is 95.7 cm³/mol. The molecule has 0 aliphatic heterocycles. The SMILES string of the molecule is O=C(O)c1ccc(-c2ccccc2CNNc2ccccc2)cc1F. The summed E-state index contributed by atoms with van der Waals surface area (Å²) in [5.41, 5.74) is 9.31. The number of anilines is 1. The van der Waals surface area contributed by atoms with Gasteiger partial charge in [-0.25, -0.2) is 14.6 Å². The van der Waals surface area contributed by atoms with Crippen molar-refractivity contribution in [2.45, 2.75) is 6.54 Å². The minimum Gasteiger partial charge on any atom is -0.478 e. The number of carbonyl (C=O) groups is 1. The van der Waals surface area contributed by atoms with Gasteiger partial charge >= 0.3 is 5.97 Å². The van der Waals surface area contributed by atoms with Gasteiger partial charge in [-0.05, 0) is 41.0 Å². The standard InChI is InChI=1S/C20H17FN2O2/c21-19-12-14(10-11-18(19)20(24)25)17-9-5-4-6-15(17)13-22-23-16-7-2-1-3-8-16/h1-12,22-23H,13H2,(H,24,25). The number of rotatable bonds is 6. The number of hydrazine groups is 1. The third kappa shape index (κ3) is 4.02. The molecule has 0 spiro atoms. The quantitative estimate of drug-likeness (QED) is 0.587. The van der Waals surface area contributed by atoms with E-state index < -0.39 is 11.8 Å². The third-order valence-corrected chi connectivity index (χ3v) is 3.81. The van der Waals surface area contributed by atoms with Crippen molar-refractivity contribution in [2.24, 2.45) is 0 Å². The molecule has 4 nitrogen and oxygen atoms in total. The van der Waals surface area contributed by atoms with Crippen LogP contribution >= 0.6 is 0 Å². The van der Waals surface area contributed by atoms with Crippen molar-refractivity contribution in [2.75, 3.05) is 5.43 Å². The third-order valence-electron chi connectivity index (χ3n) is 3.81. The van der Waals surface area contributed by atoms with Gasteiger partial charge in [0.15, 0.2) is 0 Å². The van der Waals surface area contributed by atoms with Crippen LogP contribution in [0.15, 0.2) is 72.8 Å². The highest BCUT2D eigenvalue weighted by atomic mass is 19.1. The molecule has 0 aliphatic rings. The molecule has 0 bridgehead atoms. The van der Waals surface area contributed by atoms with Gasteiger partial charge in [-0.15, -0.1) is 0 Å². The second-order valence-corrected chi connectivity index (χ2v) is 5.50. The maximum atomic E-state index is 14.0. The largest absolute Gasteiger partial charge is 0.478 e. The average molecular weight is 336 g/mol. The number of para-hydroxylation sites is 1. The van der Waals surface area contributed by atoms with Crippen LogP contribution < -0.4 is 10.9 Å². The summed E-state index contributed by atoms with van der Waals surface area (Å²) < 4.78 is 14.0. The number of carboxylic acids is 1. The van der Waals surface area contributed by atoms with Gasteiger partial charge in [-0.1, -0.05) is 48.5 Å². The molecule has 0 fully saturated rings. The summed E-state index contributed by atoms with van der Waals surface area (Å²) in [6.45, 7) is 0.521. The lowest BCUT2D eigenvalue weighted by atomic mass is 9.98. The number of benzene rings is 3.